The molecule has 1 aromatic heterocycles. The maximum absolute atomic E-state index is 10.7. The summed E-state index contributed by atoms with van der Waals surface area (Å²) in [5, 5.41) is 28.5. The summed E-state index contributed by atoms with van der Waals surface area (Å²) >= 11 is 0. The van der Waals surface area contributed by atoms with Crippen LogP contribution in [0.2, 0.25) is 0 Å². The average molecular weight is 630 g/mol. The molecule has 0 aliphatic carbocycles. The van der Waals surface area contributed by atoms with E-state index in [1.54, 1.807) is 19.6 Å². The summed E-state index contributed by atoms with van der Waals surface area (Å²) < 4.78 is 5.01. The molecular weight excluding hydrogens is 570 g/mol. The lowest BCUT2D eigenvalue weighted by atomic mass is 9.83. The van der Waals surface area contributed by atoms with E-state index >= 15 is 0 Å². The Morgan fingerprint density at radius 3 is 1.41 bits per heavy atom. The third kappa shape index (κ3) is 22.0. The van der Waals surface area contributed by atoms with E-state index in [1.165, 1.54) is 71.3 Å². The molecule has 1 aliphatic heterocycles. The third-order valence-electron chi connectivity index (χ3n) is 7.07. The molecular formula is C27H59BCl2N6O5. The standard InChI is InChI=1S/C9H12BN3O5.3C6H15N.2ClH/c14-8(15)7-5-13(1-2-18-7)9-11-3-6(4-12-9)10(16)17;3*1-4-7(5-2)6-3;;/h3-4,7,16-17H,1-2,5H2,(H,14,15);3*4-6H2,1-3H3;2*1H/t7-;;;;;/m0...../s1. The van der Waals surface area contributed by atoms with E-state index in [9.17, 15) is 9.90 Å². The minimum atomic E-state index is -1.63. The molecule has 2 rings (SSSR count). The van der Waals surface area contributed by atoms with Gasteiger partial charge in [-0.25, -0.2) is 9.97 Å². The van der Waals surface area contributed by atoms with Crippen molar-refractivity contribution in [1.29, 1.82) is 0 Å². The van der Waals surface area contributed by atoms with Crippen molar-refractivity contribution in [3.8, 4) is 0 Å². The first kappa shape index (κ1) is 46.7. The van der Waals surface area contributed by atoms with Gasteiger partial charge in [-0.3, -0.25) is 0 Å². The number of anilines is 1. The van der Waals surface area contributed by atoms with Crippen molar-refractivity contribution >= 4 is 24.5 Å². The number of nitrogens with zero attached hydrogens (tertiary/aromatic N) is 3. The highest BCUT2D eigenvalue weighted by Gasteiger charge is 2.23. The fourth-order valence-corrected chi connectivity index (χ4v) is 3.85. The lowest BCUT2D eigenvalue weighted by Crippen LogP contribution is -3.11. The third-order valence-corrected chi connectivity index (χ3v) is 7.07. The quantitative estimate of drug-likeness (QED) is 0.144. The van der Waals surface area contributed by atoms with Crippen molar-refractivity contribution in [2.45, 2.75) is 68.4 Å². The van der Waals surface area contributed by atoms with Gasteiger partial charge in [0.25, 0.3) is 0 Å². The maximum atomic E-state index is 10.7. The number of nitrogens with one attached hydrogen (secondary N) is 3. The zero-order chi connectivity index (χ0) is 30.2. The van der Waals surface area contributed by atoms with Crippen molar-refractivity contribution in [2.24, 2.45) is 0 Å². The molecule has 0 amide bonds. The number of halogens is 2. The first-order chi connectivity index (χ1) is 18.6. The van der Waals surface area contributed by atoms with E-state index in [2.05, 4.69) is 72.3 Å². The molecule has 0 radical (unpaired) electrons. The van der Waals surface area contributed by atoms with Gasteiger partial charge in [-0.15, -0.1) is 0 Å². The van der Waals surface area contributed by atoms with Crippen LogP contribution in [0.15, 0.2) is 12.4 Å². The first-order valence-corrected chi connectivity index (χ1v) is 14.9. The first-order valence-electron chi connectivity index (χ1n) is 14.9. The van der Waals surface area contributed by atoms with E-state index in [-0.39, 0.29) is 43.4 Å². The number of carbonyl (C=O) groups excluding carboxylic acids is 1. The molecule has 0 saturated carbocycles. The number of hydrogen-bond donors (Lipinski definition) is 5. The van der Waals surface area contributed by atoms with Crippen LogP contribution in [0.4, 0.5) is 5.95 Å². The predicted molar refractivity (Wildman–Crippen MR) is 157 cm³/mol. The normalized spacial score (nSPS) is 13.9. The smallest absolute Gasteiger partial charge is 0.491 e. The fraction of sp³-hybridized carbons (Fsp3) is 0.815. The molecule has 11 nitrogen and oxygen atoms in total. The molecule has 1 atom stereocenters. The zero-order valence-corrected chi connectivity index (χ0v) is 28.5. The van der Waals surface area contributed by atoms with Crippen LogP contribution in [0.5, 0.6) is 0 Å². The minimum Gasteiger partial charge on any atom is -1.00 e. The number of carboxylic acid groups (broad SMARTS) is 1. The van der Waals surface area contributed by atoms with Gasteiger partial charge in [-0.1, -0.05) is 0 Å². The SMILES string of the molecule is CC[NH+](CC)CC.CC[NH+](CC)CC.CC[NH+](CC)CC.O=C([O-])[C@@H]1CN(c2ncc(B(O)O)cn2)CCO1.[Cl-].[Cl-]. The second-order valence-corrected chi connectivity index (χ2v) is 9.25. The van der Waals surface area contributed by atoms with E-state index in [1.807, 2.05) is 0 Å². The van der Waals surface area contributed by atoms with Crippen LogP contribution in [0.1, 0.15) is 62.3 Å². The van der Waals surface area contributed by atoms with Crippen LogP contribution in [-0.2, 0) is 9.53 Å². The Labute approximate surface area is 262 Å². The molecule has 5 N–H and O–H groups in total. The summed E-state index contributed by atoms with van der Waals surface area (Å²) in [6.45, 7) is 32.3. The maximum Gasteiger partial charge on any atom is 0.491 e. The molecule has 14 heteroatoms. The van der Waals surface area contributed by atoms with Gasteiger partial charge >= 0.3 is 7.12 Å². The Bertz CT molecular complexity index is 656. The van der Waals surface area contributed by atoms with E-state index in [0.29, 0.717) is 12.5 Å². The number of rotatable bonds is 12. The van der Waals surface area contributed by atoms with Gasteiger partial charge in [0.1, 0.15) is 6.10 Å². The van der Waals surface area contributed by atoms with E-state index in [4.69, 9.17) is 14.8 Å². The summed E-state index contributed by atoms with van der Waals surface area (Å²) in [6, 6.07) is 0. The number of aliphatic carboxylic acids is 1. The number of quaternary nitrogens is 3. The Balaban J connectivity index is -0.000000251. The van der Waals surface area contributed by atoms with Crippen molar-refractivity contribution in [1.82, 2.24) is 9.97 Å². The van der Waals surface area contributed by atoms with Crippen molar-refractivity contribution in [2.75, 3.05) is 83.5 Å². The summed E-state index contributed by atoms with van der Waals surface area (Å²) in [6.07, 6.45) is 1.54. The van der Waals surface area contributed by atoms with Crippen LogP contribution in [0.3, 0.4) is 0 Å². The van der Waals surface area contributed by atoms with Crippen molar-refractivity contribution < 1.29 is 64.2 Å². The van der Waals surface area contributed by atoms with Crippen LogP contribution in [0, 0.1) is 0 Å². The average Bonchev–Trinajstić information content (AvgIpc) is 2.97. The largest absolute Gasteiger partial charge is 1.00 e. The van der Waals surface area contributed by atoms with Gasteiger partial charge in [0.2, 0.25) is 5.95 Å². The van der Waals surface area contributed by atoms with Gasteiger partial charge in [-0.2, -0.15) is 0 Å². The topological polar surface area (TPSA) is 132 Å². The van der Waals surface area contributed by atoms with Gasteiger partial charge in [0.15, 0.2) is 0 Å². The minimum absolute atomic E-state index is 0. The molecule has 1 fully saturated rings. The molecule has 0 spiro atoms. The molecule has 1 aromatic rings. The molecule has 0 unspecified atom stereocenters. The van der Waals surface area contributed by atoms with Crippen LogP contribution >= 0.6 is 0 Å². The number of morpholine rings is 1. The predicted octanol–water partition coefficient (Wildman–Crippen LogP) is -10.1. The summed E-state index contributed by atoms with van der Waals surface area (Å²) in [7, 11) is -1.63. The number of ether oxygens (including phenoxy) is 1. The Kier molecular flexibility index (Phi) is 34.4. The number of hydrogen-bond acceptors (Lipinski definition) is 8. The lowest BCUT2D eigenvalue weighted by Gasteiger charge is -2.33. The summed E-state index contributed by atoms with van der Waals surface area (Å²) in [5.74, 6) is -0.962. The highest BCUT2D eigenvalue weighted by molar-refractivity contribution is 6.58. The second-order valence-electron chi connectivity index (χ2n) is 9.25. The number of carboxylic acids is 1. The highest BCUT2D eigenvalue weighted by Crippen LogP contribution is 2.11. The Morgan fingerprint density at radius 2 is 1.17 bits per heavy atom. The van der Waals surface area contributed by atoms with Crippen LogP contribution in [0.25, 0.3) is 0 Å². The van der Waals surface area contributed by atoms with Gasteiger partial charge in [0.05, 0.1) is 78.0 Å². The van der Waals surface area contributed by atoms with Gasteiger partial charge in [-0.05, 0) is 62.3 Å². The van der Waals surface area contributed by atoms with Crippen LogP contribution < -0.4 is 55.0 Å². The van der Waals surface area contributed by atoms with E-state index < -0.39 is 19.2 Å². The van der Waals surface area contributed by atoms with Gasteiger partial charge < -0.3 is 69.1 Å². The molecule has 244 valence electrons. The Hall–Kier alpha value is -1.25. The zero-order valence-electron chi connectivity index (χ0n) is 27.0. The Morgan fingerprint density at radius 1 is 0.829 bits per heavy atom. The van der Waals surface area contributed by atoms with Crippen molar-refractivity contribution in [3.05, 3.63) is 12.4 Å². The number of aromatic nitrogens is 2. The molecule has 0 aromatic carbocycles. The highest BCUT2D eigenvalue weighted by atomic mass is 35.5. The second kappa shape index (κ2) is 30.2. The lowest BCUT2D eigenvalue weighted by molar-refractivity contribution is -0.894. The summed E-state index contributed by atoms with van der Waals surface area (Å²) in [5.41, 5.74) is 0.170. The van der Waals surface area contributed by atoms with Crippen LogP contribution in [-0.4, -0.2) is 118 Å². The van der Waals surface area contributed by atoms with Crippen molar-refractivity contribution in [3.63, 3.8) is 0 Å². The molecule has 1 aliphatic rings. The molecule has 2 heterocycles. The van der Waals surface area contributed by atoms with Gasteiger partial charge in [0, 0.05) is 24.4 Å². The molecule has 0 bridgehead atoms. The fourth-order valence-electron chi connectivity index (χ4n) is 3.85. The monoisotopic (exact) mass is 628 g/mol. The molecule has 41 heavy (non-hydrogen) atoms. The molecule has 1 saturated heterocycles. The van der Waals surface area contributed by atoms with E-state index in [0.717, 1.165) is 0 Å². The number of carbonyl (C=O) groups is 1. The summed E-state index contributed by atoms with van der Waals surface area (Å²) in [4.78, 5) is 25.3.